The summed E-state index contributed by atoms with van der Waals surface area (Å²) >= 11 is 1.42. The number of para-hydroxylation sites is 1. The Bertz CT molecular complexity index is 635. The monoisotopic (exact) mass is 286 g/mol. The predicted octanol–water partition coefficient (Wildman–Crippen LogP) is 3.04. The largest absolute Gasteiger partial charge is 0.378 e. The number of nitrogens with zero attached hydrogens (tertiary/aromatic N) is 2. The van der Waals surface area contributed by atoms with Crippen molar-refractivity contribution < 1.29 is 9.53 Å². The summed E-state index contributed by atoms with van der Waals surface area (Å²) in [7, 11) is 0. The number of fused-ring (bicyclic) bond motifs is 1. The average Bonchev–Trinajstić information content (AvgIpc) is 3.08. The summed E-state index contributed by atoms with van der Waals surface area (Å²) in [5.41, 5.74) is 0.845. The van der Waals surface area contributed by atoms with Crippen molar-refractivity contribution in [3.63, 3.8) is 0 Å². The van der Waals surface area contributed by atoms with Crippen molar-refractivity contribution in [1.82, 2.24) is 4.98 Å². The van der Waals surface area contributed by atoms with Crippen LogP contribution in [-0.4, -0.2) is 23.5 Å². The molecule has 0 aliphatic carbocycles. The first-order chi connectivity index (χ1) is 9.78. The van der Waals surface area contributed by atoms with Gasteiger partial charge in [0.1, 0.15) is 5.01 Å². The van der Waals surface area contributed by atoms with Gasteiger partial charge in [0.15, 0.2) is 11.7 Å². The van der Waals surface area contributed by atoms with Crippen LogP contribution in [0.2, 0.25) is 0 Å². The summed E-state index contributed by atoms with van der Waals surface area (Å²) in [5.74, 6) is -0.852. The number of hydrogen-bond donors (Lipinski definition) is 0. The first-order valence-electron chi connectivity index (χ1n) is 6.67. The van der Waals surface area contributed by atoms with Gasteiger partial charge in [0.05, 0.1) is 22.4 Å². The number of hydrogen-bond acceptors (Lipinski definition) is 5. The molecule has 2 heterocycles. The molecular formula is C15H14N2O2S. The van der Waals surface area contributed by atoms with Crippen molar-refractivity contribution in [3.05, 3.63) is 29.3 Å². The smallest absolute Gasteiger partial charge is 0.159 e. The van der Waals surface area contributed by atoms with Gasteiger partial charge >= 0.3 is 0 Å². The van der Waals surface area contributed by atoms with Crippen LogP contribution < -0.4 is 0 Å². The molecule has 4 nitrogen and oxygen atoms in total. The molecule has 1 saturated heterocycles. The van der Waals surface area contributed by atoms with E-state index in [1.54, 1.807) is 0 Å². The minimum absolute atomic E-state index is 0.0206. The summed E-state index contributed by atoms with van der Waals surface area (Å²) in [6.07, 6.45) is 2.20. The van der Waals surface area contributed by atoms with Gasteiger partial charge < -0.3 is 4.74 Å². The third-order valence-corrected chi connectivity index (χ3v) is 4.56. The molecule has 102 valence electrons. The van der Waals surface area contributed by atoms with E-state index in [2.05, 4.69) is 11.1 Å². The second-order valence-electron chi connectivity index (χ2n) is 4.89. The number of ketones is 1. The Hall–Kier alpha value is -1.77. The fourth-order valence-corrected chi connectivity index (χ4v) is 3.46. The van der Waals surface area contributed by atoms with Crippen LogP contribution in [0.3, 0.4) is 0 Å². The maximum Gasteiger partial charge on any atom is 0.159 e. The molecule has 2 atom stereocenters. The maximum atomic E-state index is 12.3. The third-order valence-electron chi connectivity index (χ3n) is 3.46. The number of benzene rings is 1. The van der Waals surface area contributed by atoms with E-state index in [9.17, 15) is 10.1 Å². The first kappa shape index (κ1) is 13.2. The van der Waals surface area contributed by atoms with E-state index in [1.807, 2.05) is 24.3 Å². The molecule has 0 bridgehead atoms. The van der Waals surface area contributed by atoms with Crippen molar-refractivity contribution in [2.45, 2.75) is 31.3 Å². The first-order valence-corrected chi connectivity index (χ1v) is 7.49. The molecule has 0 spiro atoms. The Morgan fingerprint density at radius 2 is 2.40 bits per heavy atom. The van der Waals surface area contributed by atoms with E-state index in [1.165, 1.54) is 11.3 Å². The number of Topliss-reactive ketones (excluding diaryl/α,β-unsaturated/α-hetero) is 1. The molecule has 3 rings (SSSR count). The molecule has 2 aromatic rings. The van der Waals surface area contributed by atoms with E-state index < -0.39 is 5.92 Å². The molecule has 1 aliphatic rings. The van der Waals surface area contributed by atoms with Crippen LogP contribution in [0.5, 0.6) is 0 Å². The maximum absolute atomic E-state index is 12.3. The van der Waals surface area contributed by atoms with Crippen molar-refractivity contribution in [2.75, 3.05) is 6.61 Å². The highest BCUT2D eigenvalue weighted by Gasteiger charge is 2.28. The van der Waals surface area contributed by atoms with Crippen LogP contribution in [0.15, 0.2) is 24.3 Å². The molecule has 0 amide bonds. The summed E-state index contributed by atoms with van der Waals surface area (Å²) in [6, 6.07) is 9.78. The molecule has 0 saturated carbocycles. The van der Waals surface area contributed by atoms with Crippen molar-refractivity contribution in [3.8, 4) is 6.07 Å². The molecule has 0 radical (unpaired) electrons. The zero-order valence-electron chi connectivity index (χ0n) is 10.9. The molecule has 20 heavy (non-hydrogen) atoms. The molecule has 0 N–H and O–H groups in total. The van der Waals surface area contributed by atoms with Gasteiger partial charge in [0.25, 0.3) is 0 Å². The van der Waals surface area contributed by atoms with Crippen LogP contribution >= 0.6 is 11.3 Å². The zero-order chi connectivity index (χ0) is 13.9. The lowest BCUT2D eigenvalue weighted by atomic mass is 10.00. The summed E-state index contributed by atoms with van der Waals surface area (Å²) in [5, 5.41) is 9.90. The van der Waals surface area contributed by atoms with Crippen molar-refractivity contribution in [1.29, 1.82) is 5.26 Å². The van der Waals surface area contributed by atoms with Gasteiger partial charge in [0, 0.05) is 13.0 Å². The van der Waals surface area contributed by atoms with Crippen LogP contribution in [0.1, 0.15) is 30.2 Å². The molecular weight excluding hydrogens is 272 g/mol. The molecule has 5 heteroatoms. The number of rotatable bonds is 4. The summed E-state index contributed by atoms with van der Waals surface area (Å²) < 4.78 is 6.47. The Kier molecular flexibility index (Phi) is 3.77. The molecule has 0 unspecified atom stereocenters. The fraction of sp³-hybridized carbons (Fsp3) is 0.400. The Balaban J connectivity index is 1.81. The molecule has 1 aliphatic heterocycles. The van der Waals surface area contributed by atoms with Crippen LogP contribution in [0.4, 0.5) is 0 Å². The van der Waals surface area contributed by atoms with Crippen LogP contribution in [0.25, 0.3) is 10.2 Å². The van der Waals surface area contributed by atoms with E-state index in [0.717, 1.165) is 29.7 Å². The van der Waals surface area contributed by atoms with Gasteiger partial charge in [0.2, 0.25) is 0 Å². The van der Waals surface area contributed by atoms with E-state index in [-0.39, 0.29) is 11.9 Å². The summed E-state index contributed by atoms with van der Waals surface area (Å²) in [6.45, 7) is 0.719. The normalized spacial score (nSPS) is 19.9. The van der Waals surface area contributed by atoms with E-state index in [4.69, 9.17) is 4.74 Å². The Morgan fingerprint density at radius 3 is 3.10 bits per heavy atom. The SMILES string of the molecule is N#C[C@@H](C(=O)C[C@H]1CCCO1)c1nc2ccccc2s1. The number of carbonyl (C=O) groups is 1. The molecule has 1 aromatic carbocycles. The Morgan fingerprint density at radius 1 is 1.55 bits per heavy atom. The highest BCUT2D eigenvalue weighted by Crippen LogP contribution is 2.29. The minimum atomic E-state index is -0.767. The average molecular weight is 286 g/mol. The standard InChI is InChI=1S/C15H14N2O2S/c16-9-11(13(18)8-10-4-3-7-19-10)15-17-12-5-1-2-6-14(12)20-15/h1-2,5-6,10-11H,3-4,7-8H2/t10-,11+/m1/s1. The van der Waals surface area contributed by atoms with Gasteiger partial charge in [-0.15, -0.1) is 11.3 Å². The quantitative estimate of drug-likeness (QED) is 0.866. The lowest BCUT2D eigenvalue weighted by molar-refractivity contribution is -0.121. The van der Waals surface area contributed by atoms with E-state index in [0.29, 0.717) is 11.4 Å². The van der Waals surface area contributed by atoms with Gasteiger partial charge in [-0.3, -0.25) is 4.79 Å². The number of aromatic nitrogens is 1. The van der Waals surface area contributed by atoms with Gasteiger partial charge in [-0.2, -0.15) is 5.26 Å². The number of nitriles is 1. The predicted molar refractivity (Wildman–Crippen MR) is 76.6 cm³/mol. The van der Waals surface area contributed by atoms with Crippen LogP contribution in [0, 0.1) is 11.3 Å². The number of carbonyl (C=O) groups excluding carboxylic acids is 1. The zero-order valence-corrected chi connectivity index (χ0v) is 11.7. The minimum Gasteiger partial charge on any atom is -0.378 e. The van der Waals surface area contributed by atoms with Crippen molar-refractivity contribution in [2.24, 2.45) is 0 Å². The second kappa shape index (κ2) is 5.70. The highest BCUT2D eigenvalue weighted by molar-refractivity contribution is 7.18. The van der Waals surface area contributed by atoms with Crippen molar-refractivity contribution >= 4 is 27.3 Å². The summed E-state index contributed by atoms with van der Waals surface area (Å²) in [4.78, 5) is 16.7. The highest BCUT2D eigenvalue weighted by atomic mass is 32.1. The number of thiazole rings is 1. The Labute approximate surface area is 121 Å². The number of ether oxygens (including phenoxy) is 1. The lowest BCUT2D eigenvalue weighted by Gasteiger charge is -2.10. The lowest BCUT2D eigenvalue weighted by Crippen LogP contribution is -2.18. The second-order valence-corrected chi connectivity index (χ2v) is 5.95. The topological polar surface area (TPSA) is 63.0 Å². The van der Waals surface area contributed by atoms with Gasteiger partial charge in [-0.25, -0.2) is 4.98 Å². The van der Waals surface area contributed by atoms with Crippen LogP contribution in [-0.2, 0) is 9.53 Å². The molecule has 1 aromatic heterocycles. The third kappa shape index (κ3) is 2.58. The van der Waals surface area contributed by atoms with E-state index >= 15 is 0 Å². The fourth-order valence-electron chi connectivity index (χ4n) is 2.43. The van der Waals surface area contributed by atoms with Gasteiger partial charge in [-0.1, -0.05) is 12.1 Å². The molecule has 1 fully saturated rings. The van der Waals surface area contributed by atoms with Gasteiger partial charge in [-0.05, 0) is 25.0 Å².